The molecule has 2 amide bonds. The molecular weight excluding hydrogens is 454 g/mol. The largest absolute Gasteiger partial charge is 0.482 e. The first-order valence-corrected chi connectivity index (χ1v) is 13.4. The minimum Gasteiger partial charge on any atom is -0.482 e. The van der Waals surface area contributed by atoms with Crippen LogP contribution in [0.15, 0.2) is 41.3 Å². The maximum Gasteiger partial charge on any atom is 0.265 e. The van der Waals surface area contributed by atoms with E-state index in [1.807, 2.05) is 12.1 Å². The van der Waals surface area contributed by atoms with Gasteiger partial charge in [0.1, 0.15) is 12.3 Å². The zero-order valence-corrected chi connectivity index (χ0v) is 19.8. The SMILES string of the molecule is O=C(CN1C(=O)COc2ccc(S(=O)(=O)NC3CCCC3)cc21)Nc1cccc2c1CCCC2. The quantitative estimate of drug-likeness (QED) is 0.657. The van der Waals surface area contributed by atoms with Crippen LogP contribution in [0.2, 0.25) is 0 Å². The number of hydrogen-bond acceptors (Lipinski definition) is 5. The second-order valence-electron chi connectivity index (χ2n) is 9.20. The van der Waals surface area contributed by atoms with Gasteiger partial charge in [0.05, 0.1) is 10.6 Å². The Morgan fingerprint density at radius 3 is 2.68 bits per heavy atom. The fourth-order valence-electron chi connectivity index (χ4n) is 5.09. The summed E-state index contributed by atoms with van der Waals surface area (Å²) in [5.41, 5.74) is 3.47. The molecule has 180 valence electrons. The van der Waals surface area contributed by atoms with E-state index >= 15 is 0 Å². The van der Waals surface area contributed by atoms with Gasteiger partial charge in [0.25, 0.3) is 5.91 Å². The average Bonchev–Trinajstić information content (AvgIpc) is 3.33. The highest BCUT2D eigenvalue weighted by atomic mass is 32.2. The van der Waals surface area contributed by atoms with E-state index < -0.39 is 15.9 Å². The predicted octanol–water partition coefficient (Wildman–Crippen LogP) is 3.15. The molecule has 2 aromatic rings. The number of rotatable bonds is 6. The van der Waals surface area contributed by atoms with Gasteiger partial charge in [-0.15, -0.1) is 0 Å². The van der Waals surface area contributed by atoms with E-state index in [1.165, 1.54) is 22.6 Å². The molecule has 0 spiro atoms. The molecule has 34 heavy (non-hydrogen) atoms. The normalized spacial score (nSPS) is 18.2. The molecule has 0 atom stereocenters. The maximum atomic E-state index is 13.0. The summed E-state index contributed by atoms with van der Waals surface area (Å²) in [5, 5.41) is 2.96. The molecule has 0 unspecified atom stereocenters. The van der Waals surface area contributed by atoms with Crippen molar-refractivity contribution in [2.24, 2.45) is 0 Å². The van der Waals surface area contributed by atoms with Gasteiger partial charge in [-0.25, -0.2) is 13.1 Å². The van der Waals surface area contributed by atoms with Crippen molar-refractivity contribution in [3.05, 3.63) is 47.5 Å². The highest BCUT2D eigenvalue weighted by molar-refractivity contribution is 7.89. The van der Waals surface area contributed by atoms with E-state index in [4.69, 9.17) is 4.74 Å². The number of hydrogen-bond donors (Lipinski definition) is 2. The van der Waals surface area contributed by atoms with Gasteiger partial charge >= 0.3 is 0 Å². The van der Waals surface area contributed by atoms with Crippen LogP contribution in [-0.4, -0.2) is 39.4 Å². The molecule has 9 heteroatoms. The molecule has 3 aliphatic rings. The first-order valence-electron chi connectivity index (χ1n) is 11.9. The van der Waals surface area contributed by atoms with Crippen LogP contribution in [-0.2, 0) is 32.5 Å². The van der Waals surface area contributed by atoms with Crippen molar-refractivity contribution < 1.29 is 22.7 Å². The lowest BCUT2D eigenvalue weighted by molar-refractivity contribution is -0.123. The number of carbonyl (C=O) groups excluding carboxylic acids is 2. The molecule has 1 aliphatic heterocycles. The Morgan fingerprint density at radius 1 is 1.06 bits per heavy atom. The van der Waals surface area contributed by atoms with Crippen molar-refractivity contribution in [1.82, 2.24) is 4.72 Å². The number of amides is 2. The van der Waals surface area contributed by atoms with Crippen molar-refractivity contribution in [1.29, 1.82) is 0 Å². The molecule has 0 radical (unpaired) electrons. The summed E-state index contributed by atoms with van der Waals surface area (Å²) in [4.78, 5) is 27.0. The van der Waals surface area contributed by atoms with E-state index in [2.05, 4.69) is 16.1 Å². The third kappa shape index (κ3) is 4.67. The van der Waals surface area contributed by atoms with Gasteiger partial charge in [-0.2, -0.15) is 0 Å². The number of nitrogens with one attached hydrogen (secondary N) is 2. The molecule has 2 N–H and O–H groups in total. The lowest BCUT2D eigenvalue weighted by Gasteiger charge is -2.29. The van der Waals surface area contributed by atoms with Crippen molar-refractivity contribution in [3.63, 3.8) is 0 Å². The van der Waals surface area contributed by atoms with Crippen molar-refractivity contribution in [2.75, 3.05) is 23.4 Å². The zero-order valence-electron chi connectivity index (χ0n) is 19.0. The van der Waals surface area contributed by atoms with Crippen molar-refractivity contribution in [3.8, 4) is 5.75 Å². The van der Waals surface area contributed by atoms with Crippen LogP contribution < -0.4 is 19.7 Å². The summed E-state index contributed by atoms with van der Waals surface area (Å²) in [6.07, 6.45) is 7.80. The number of aryl methyl sites for hydroxylation is 1. The van der Waals surface area contributed by atoms with E-state index in [-0.39, 0.29) is 35.7 Å². The zero-order chi connectivity index (χ0) is 23.7. The Hall–Kier alpha value is -2.91. The molecular formula is C25H29N3O5S. The Morgan fingerprint density at radius 2 is 1.85 bits per heavy atom. The summed E-state index contributed by atoms with van der Waals surface area (Å²) in [6, 6.07) is 10.3. The second kappa shape index (κ2) is 9.38. The molecule has 0 aromatic heterocycles. The number of anilines is 2. The minimum atomic E-state index is -3.75. The lowest BCUT2D eigenvalue weighted by Crippen LogP contribution is -2.43. The first-order chi connectivity index (χ1) is 16.4. The summed E-state index contributed by atoms with van der Waals surface area (Å²) in [5.74, 6) is -0.349. The topological polar surface area (TPSA) is 105 Å². The minimum absolute atomic E-state index is 0.0546. The number of benzene rings is 2. The summed E-state index contributed by atoms with van der Waals surface area (Å²) in [7, 11) is -3.75. The van der Waals surface area contributed by atoms with Gasteiger partial charge in [-0.05, 0) is 73.9 Å². The third-order valence-corrected chi connectivity index (χ3v) is 8.35. The Kier molecular flexibility index (Phi) is 6.31. The number of fused-ring (bicyclic) bond motifs is 2. The van der Waals surface area contributed by atoms with Crippen molar-refractivity contribution in [2.45, 2.75) is 62.3 Å². The molecule has 2 aromatic carbocycles. The van der Waals surface area contributed by atoms with Crippen molar-refractivity contribution >= 4 is 33.2 Å². The maximum absolute atomic E-state index is 13.0. The van der Waals surface area contributed by atoms with Gasteiger partial charge in [-0.3, -0.25) is 14.5 Å². The molecule has 0 saturated heterocycles. The number of ether oxygens (including phenoxy) is 1. The summed E-state index contributed by atoms with van der Waals surface area (Å²) >= 11 is 0. The Labute approximate surface area is 199 Å². The van der Waals surface area contributed by atoms with Crippen LogP contribution in [0.5, 0.6) is 5.75 Å². The molecule has 1 fully saturated rings. The third-order valence-electron chi connectivity index (χ3n) is 6.83. The molecule has 1 heterocycles. The van der Waals surface area contributed by atoms with Crippen LogP contribution in [0.1, 0.15) is 49.7 Å². The second-order valence-corrected chi connectivity index (χ2v) is 10.9. The van der Waals surface area contributed by atoms with E-state index in [9.17, 15) is 18.0 Å². The molecule has 2 aliphatic carbocycles. The van der Waals surface area contributed by atoms with E-state index in [0.29, 0.717) is 5.75 Å². The highest BCUT2D eigenvalue weighted by Crippen LogP contribution is 2.35. The number of carbonyl (C=O) groups is 2. The smallest absolute Gasteiger partial charge is 0.265 e. The standard InChI is InChI=1S/C25H29N3O5S/c29-24(26-21-11-5-7-17-6-1-4-10-20(17)21)15-28-22-14-19(12-13-23(22)33-16-25(28)30)34(31,32)27-18-8-2-3-9-18/h5,7,11-14,18,27H,1-4,6,8-10,15-16H2,(H,26,29). The molecule has 0 bridgehead atoms. The van der Waals surface area contributed by atoms with Gasteiger partial charge in [0, 0.05) is 11.7 Å². The summed E-state index contributed by atoms with van der Waals surface area (Å²) in [6.45, 7) is -0.425. The van der Waals surface area contributed by atoms with Crippen LogP contribution in [0.4, 0.5) is 11.4 Å². The van der Waals surface area contributed by atoms with Crippen LogP contribution >= 0.6 is 0 Å². The number of sulfonamides is 1. The lowest BCUT2D eigenvalue weighted by atomic mass is 9.90. The van der Waals surface area contributed by atoms with Crippen LogP contribution in [0, 0.1) is 0 Å². The van der Waals surface area contributed by atoms with E-state index in [1.54, 1.807) is 6.07 Å². The highest BCUT2D eigenvalue weighted by Gasteiger charge is 2.30. The van der Waals surface area contributed by atoms with Gasteiger partial charge in [0.2, 0.25) is 15.9 Å². The fraction of sp³-hybridized carbons (Fsp3) is 0.440. The van der Waals surface area contributed by atoms with E-state index in [0.717, 1.165) is 62.6 Å². The van der Waals surface area contributed by atoms with Gasteiger partial charge < -0.3 is 10.1 Å². The Balaban J connectivity index is 1.36. The van der Waals surface area contributed by atoms with Gasteiger partial charge in [-0.1, -0.05) is 25.0 Å². The Bertz CT molecular complexity index is 1220. The first kappa shape index (κ1) is 22.9. The molecule has 1 saturated carbocycles. The average molecular weight is 484 g/mol. The summed E-state index contributed by atoms with van der Waals surface area (Å²) < 4.78 is 34.1. The van der Waals surface area contributed by atoms with Crippen LogP contribution in [0.3, 0.4) is 0 Å². The molecule has 5 rings (SSSR count). The molecule has 8 nitrogen and oxygen atoms in total. The monoisotopic (exact) mass is 483 g/mol. The number of nitrogens with zero attached hydrogens (tertiary/aromatic N) is 1. The van der Waals surface area contributed by atoms with Gasteiger partial charge in [0.15, 0.2) is 6.61 Å². The predicted molar refractivity (Wildman–Crippen MR) is 129 cm³/mol. The van der Waals surface area contributed by atoms with Crippen LogP contribution in [0.25, 0.3) is 0 Å². The fourth-order valence-corrected chi connectivity index (χ4v) is 6.41.